The van der Waals surface area contributed by atoms with Crippen molar-refractivity contribution in [3.05, 3.63) is 0 Å². The van der Waals surface area contributed by atoms with Gasteiger partial charge in [0.25, 0.3) is 0 Å². The van der Waals surface area contributed by atoms with E-state index >= 15 is 0 Å². The maximum atomic E-state index is 11.8. The first kappa shape index (κ1) is 13.3. The third kappa shape index (κ3) is 3.67. The Morgan fingerprint density at radius 2 is 2.12 bits per heavy atom. The molecule has 2 N–H and O–H groups in total. The van der Waals surface area contributed by atoms with Crippen molar-refractivity contribution in [3.8, 4) is 0 Å². The molecule has 0 radical (unpaired) electrons. The number of hydrogen-bond acceptors (Lipinski definition) is 2. The minimum Gasteiger partial charge on any atom is -0.338 e. The van der Waals surface area contributed by atoms with E-state index in [1.165, 1.54) is 6.42 Å². The monoisotopic (exact) mass is 227 g/mol. The van der Waals surface area contributed by atoms with Gasteiger partial charge < -0.3 is 15.5 Å². The molecule has 1 aliphatic heterocycles. The predicted molar refractivity (Wildman–Crippen MR) is 66.5 cm³/mol. The van der Waals surface area contributed by atoms with Crippen molar-refractivity contribution in [2.75, 3.05) is 32.7 Å². The fourth-order valence-electron chi connectivity index (χ4n) is 2.21. The molecule has 0 bridgehead atoms. The van der Waals surface area contributed by atoms with Gasteiger partial charge in [0.15, 0.2) is 0 Å². The van der Waals surface area contributed by atoms with Crippen LogP contribution in [0.15, 0.2) is 0 Å². The van der Waals surface area contributed by atoms with Crippen molar-refractivity contribution in [2.45, 2.75) is 27.2 Å². The quantitative estimate of drug-likeness (QED) is 0.760. The lowest BCUT2D eigenvalue weighted by atomic mass is 9.88. The molecule has 1 rings (SSSR count). The molecule has 2 unspecified atom stereocenters. The maximum Gasteiger partial charge on any atom is 0.317 e. The summed E-state index contributed by atoms with van der Waals surface area (Å²) in [5.41, 5.74) is 0. The van der Waals surface area contributed by atoms with Crippen LogP contribution in [0, 0.1) is 11.8 Å². The third-order valence-corrected chi connectivity index (χ3v) is 3.53. The van der Waals surface area contributed by atoms with Crippen molar-refractivity contribution in [1.82, 2.24) is 15.5 Å². The molecule has 1 saturated heterocycles. The number of nitrogens with zero attached hydrogens (tertiary/aromatic N) is 1. The Morgan fingerprint density at radius 1 is 1.44 bits per heavy atom. The third-order valence-electron chi connectivity index (χ3n) is 3.53. The molecule has 1 heterocycles. The summed E-state index contributed by atoms with van der Waals surface area (Å²) in [6, 6.07) is 0.0794. The largest absolute Gasteiger partial charge is 0.338 e. The van der Waals surface area contributed by atoms with Crippen LogP contribution in [-0.4, -0.2) is 43.7 Å². The van der Waals surface area contributed by atoms with Gasteiger partial charge in [0.05, 0.1) is 0 Å². The average molecular weight is 227 g/mol. The van der Waals surface area contributed by atoms with Crippen LogP contribution in [0.1, 0.15) is 27.2 Å². The van der Waals surface area contributed by atoms with Crippen LogP contribution in [0.2, 0.25) is 0 Å². The van der Waals surface area contributed by atoms with E-state index in [-0.39, 0.29) is 6.03 Å². The second kappa shape index (κ2) is 6.74. The van der Waals surface area contributed by atoms with Gasteiger partial charge in [0.1, 0.15) is 0 Å². The first-order valence-corrected chi connectivity index (χ1v) is 6.42. The first-order valence-electron chi connectivity index (χ1n) is 6.42. The van der Waals surface area contributed by atoms with E-state index in [1.54, 1.807) is 0 Å². The van der Waals surface area contributed by atoms with E-state index in [2.05, 4.69) is 17.6 Å². The highest BCUT2D eigenvalue weighted by molar-refractivity contribution is 5.74. The van der Waals surface area contributed by atoms with Crippen molar-refractivity contribution in [2.24, 2.45) is 11.8 Å². The summed E-state index contributed by atoms with van der Waals surface area (Å²) in [6.45, 7) is 10.8. The molecular weight excluding hydrogens is 202 g/mol. The normalized spacial score (nSPS) is 25.2. The fraction of sp³-hybridized carbons (Fsp3) is 0.917. The molecule has 0 aliphatic carbocycles. The van der Waals surface area contributed by atoms with Crippen molar-refractivity contribution in [3.63, 3.8) is 0 Å². The lowest BCUT2D eigenvalue weighted by Crippen LogP contribution is -2.45. The summed E-state index contributed by atoms with van der Waals surface area (Å²) in [7, 11) is 0. The molecule has 4 nitrogen and oxygen atoms in total. The summed E-state index contributed by atoms with van der Waals surface area (Å²) in [6.07, 6.45) is 1.17. The smallest absolute Gasteiger partial charge is 0.317 e. The summed E-state index contributed by atoms with van der Waals surface area (Å²) < 4.78 is 0. The van der Waals surface area contributed by atoms with Gasteiger partial charge in [0, 0.05) is 19.6 Å². The summed E-state index contributed by atoms with van der Waals surface area (Å²) >= 11 is 0. The van der Waals surface area contributed by atoms with Crippen LogP contribution in [-0.2, 0) is 0 Å². The number of amides is 2. The highest BCUT2D eigenvalue weighted by Crippen LogP contribution is 2.17. The van der Waals surface area contributed by atoms with Gasteiger partial charge >= 0.3 is 6.03 Å². The average Bonchev–Trinajstić information content (AvgIpc) is 2.29. The zero-order chi connectivity index (χ0) is 12.0. The Kier molecular flexibility index (Phi) is 5.60. The number of piperidine rings is 1. The number of nitrogens with one attached hydrogen (secondary N) is 2. The van der Waals surface area contributed by atoms with Gasteiger partial charge in [0.2, 0.25) is 0 Å². The molecule has 4 heteroatoms. The Balaban J connectivity index is 2.29. The predicted octanol–water partition coefficient (Wildman–Crippen LogP) is 1.28. The van der Waals surface area contributed by atoms with E-state index < -0.39 is 0 Å². The van der Waals surface area contributed by atoms with Gasteiger partial charge in [-0.2, -0.15) is 0 Å². The zero-order valence-corrected chi connectivity index (χ0v) is 10.8. The first-order chi connectivity index (χ1) is 7.69. The van der Waals surface area contributed by atoms with E-state index in [1.807, 2.05) is 18.7 Å². The summed E-state index contributed by atoms with van der Waals surface area (Å²) in [5, 5.41) is 6.42. The van der Waals surface area contributed by atoms with Crippen molar-refractivity contribution >= 4 is 6.03 Å². The van der Waals surface area contributed by atoms with E-state index in [0.717, 1.165) is 32.7 Å². The van der Waals surface area contributed by atoms with Crippen LogP contribution in [0.3, 0.4) is 0 Å². The van der Waals surface area contributed by atoms with Crippen molar-refractivity contribution < 1.29 is 4.79 Å². The lowest BCUT2D eigenvalue weighted by molar-refractivity contribution is 0.195. The number of hydrogen-bond donors (Lipinski definition) is 2. The van der Waals surface area contributed by atoms with Gasteiger partial charge in [-0.1, -0.05) is 6.92 Å². The van der Waals surface area contributed by atoms with Crippen LogP contribution in [0.25, 0.3) is 0 Å². The number of rotatable bonds is 4. The molecule has 1 aliphatic rings. The van der Waals surface area contributed by atoms with Crippen LogP contribution < -0.4 is 10.6 Å². The standard InChI is InChI=1S/C12H25N3O/c1-4-15(5-2)12(16)14-9-11-6-7-13-8-10(11)3/h10-11,13H,4-9H2,1-3H3,(H,14,16). The minimum absolute atomic E-state index is 0.0794. The molecule has 0 aromatic rings. The van der Waals surface area contributed by atoms with E-state index in [9.17, 15) is 4.79 Å². The Labute approximate surface area is 98.8 Å². The highest BCUT2D eigenvalue weighted by Gasteiger charge is 2.21. The molecule has 16 heavy (non-hydrogen) atoms. The molecule has 2 amide bonds. The second-order valence-electron chi connectivity index (χ2n) is 4.59. The zero-order valence-electron chi connectivity index (χ0n) is 10.8. The fourth-order valence-corrected chi connectivity index (χ4v) is 2.21. The molecule has 94 valence electrons. The Hall–Kier alpha value is -0.770. The number of urea groups is 1. The lowest BCUT2D eigenvalue weighted by Gasteiger charge is -2.30. The molecular formula is C12H25N3O. The number of carbonyl (C=O) groups is 1. The molecule has 0 aromatic carbocycles. The van der Waals surface area contributed by atoms with Crippen LogP contribution in [0.4, 0.5) is 4.79 Å². The van der Waals surface area contributed by atoms with E-state index in [4.69, 9.17) is 0 Å². The summed E-state index contributed by atoms with van der Waals surface area (Å²) in [5.74, 6) is 1.28. The molecule has 0 saturated carbocycles. The maximum absolute atomic E-state index is 11.8. The molecule has 0 aromatic heterocycles. The molecule has 0 spiro atoms. The van der Waals surface area contributed by atoms with Crippen LogP contribution >= 0.6 is 0 Å². The van der Waals surface area contributed by atoms with Gasteiger partial charge in [-0.15, -0.1) is 0 Å². The molecule has 1 fully saturated rings. The number of carbonyl (C=O) groups excluding carboxylic acids is 1. The SMILES string of the molecule is CCN(CC)C(=O)NCC1CCNCC1C. The minimum atomic E-state index is 0.0794. The topological polar surface area (TPSA) is 44.4 Å². The van der Waals surface area contributed by atoms with Crippen molar-refractivity contribution in [1.29, 1.82) is 0 Å². The second-order valence-corrected chi connectivity index (χ2v) is 4.59. The van der Waals surface area contributed by atoms with Gasteiger partial charge in [-0.25, -0.2) is 4.79 Å². The molecule has 2 atom stereocenters. The Morgan fingerprint density at radius 3 is 2.69 bits per heavy atom. The summed E-state index contributed by atoms with van der Waals surface area (Å²) in [4.78, 5) is 13.6. The Bertz CT molecular complexity index is 216. The van der Waals surface area contributed by atoms with Gasteiger partial charge in [-0.05, 0) is 45.2 Å². The van der Waals surface area contributed by atoms with E-state index in [0.29, 0.717) is 11.8 Å². The van der Waals surface area contributed by atoms with Gasteiger partial charge in [-0.3, -0.25) is 0 Å². The highest BCUT2D eigenvalue weighted by atomic mass is 16.2. The van der Waals surface area contributed by atoms with Crippen LogP contribution in [0.5, 0.6) is 0 Å².